The van der Waals surface area contributed by atoms with Crippen LogP contribution >= 0.6 is 0 Å². The lowest BCUT2D eigenvalue weighted by Gasteiger charge is -2.28. The van der Waals surface area contributed by atoms with Crippen LogP contribution in [0.1, 0.15) is 34.7 Å². The average molecular weight is 679 g/mol. The van der Waals surface area contributed by atoms with E-state index in [4.69, 9.17) is 23.7 Å². The molecule has 0 saturated carbocycles. The Morgan fingerprint density at radius 3 is 1.94 bits per heavy atom. The minimum atomic E-state index is -1.08. The zero-order valence-corrected chi connectivity index (χ0v) is 28.2. The summed E-state index contributed by atoms with van der Waals surface area (Å²) in [6, 6.07) is 25.5. The van der Waals surface area contributed by atoms with Crippen molar-refractivity contribution >= 4 is 12.0 Å². The molecule has 0 spiro atoms. The van der Waals surface area contributed by atoms with Crippen molar-refractivity contribution in [2.24, 2.45) is 5.92 Å². The van der Waals surface area contributed by atoms with E-state index in [1.54, 1.807) is 7.11 Å². The van der Waals surface area contributed by atoms with E-state index in [0.717, 1.165) is 22.3 Å². The van der Waals surface area contributed by atoms with Gasteiger partial charge >= 0.3 is 6.09 Å². The number of hydrogen-bond donors (Lipinski definition) is 4. The number of aliphatic hydroxyl groups excluding tert-OH is 2. The number of carbonyl (C=O) groups excluding carboxylic acids is 2. The lowest BCUT2D eigenvalue weighted by molar-refractivity contribution is -0.127. The number of alkyl carbamates (subject to hydrolysis) is 1. The molecule has 5 atom stereocenters. The number of rotatable bonds is 22. The molecule has 11 heteroatoms. The number of amides is 2. The van der Waals surface area contributed by atoms with Crippen molar-refractivity contribution in [2.75, 3.05) is 60.0 Å². The third kappa shape index (κ3) is 13.2. The third-order valence-electron chi connectivity index (χ3n) is 8.43. The van der Waals surface area contributed by atoms with E-state index in [2.05, 4.69) is 10.6 Å². The van der Waals surface area contributed by atoms with Crippen molar-refractivity contribution in [2.45, 2.75) is 50.0 Å². The van der Waals surface area contributed by atoms with Crippen LogP contribution in [0, 0.1) is 5.92 Å². The van der Waals surface area contributed by atoms with Gasteiger partial charge in [-0.3, -0.25) is 4.79 Å². The fourth-order valence-corrected chi connectivity index (χ4v) is 5.88. The Morgan fingerprint density at radius 1 is 0.755 bits per heavy atom. The van der Waals surface area contributed by atoms with Crippen LogP contribution in [-0.2, 0) is 47.7 Å². The van der Waals surface area contributed by atoms with Crippen molar-refractivity contribution < 1.29 is 43.5 Å². The summed E-state index contributed by atoms with van der Waals surface area (Å²) >= 11 is 0. The largest absolute Gasteiger partial charge is 0.447 e. The molecule has 4 rings (SSSR count). The molecule has 4 N–H and O–H groups in total. The first-order valence-electron chi connectivity index (χ1n) is 16.9. The van der Waals surface area contributed by atoms with Gasteiger partial charge in [0.2, 0.25) is 5.91 Å². The van der Waals surface area contributed by atoms with Crippen LogP contribution in [-0.4, -0.2) is 100 Å². The maximum Gasteiger partial charge on any atom is 0.407 e. The molecule has 0 fully saturated rings. The predicted octanol–water partition coefficient (Wildman–Crippen LogP) is 3.40. The number of carbonyl (C=O) groups is 2. The summed E-state index contributed by atoms with van der Waals surface area (Å²) in [7, 11) is 1.62. The van der Waals surface area contributed by atoms with Crippen molar-refractivity contribution in [3.63, 3.8) is 0 Å². The molecule has 1 aliphatic rings. The predicted molar refractivity (Wildman–Crippen MR) is 184 cm³/mol. The smallest absolute Gasteiger partial charge is 0.407 e. The van der Waals surface area contributed by atoms with Crippen LogP contribution in [0.5, 0.6) is 0 Å². The van der Waals surface area contributed by atoms with Crippen LogP contribution in [0.25, 0.3) is 0 Å². The van der Waals surface area contributed by atoms with Gasteiger partial charge in [-0.25, -0.2) is 4.79 Å². The maximum absolute atomic E-state index is 13.9. The molecule has 0 aliphatic heterocycles. The standard InChI is InChI=1S/C38H50N2O9/c1-45-16-17-46-18-19-47-20-21-48-22-23-49-38(44)39-33(25-29-12-6-3-7-13-29)34(41)27-31(24-28-10-4-2-5-11-28)37(43)40-36-32-15-9-8-14-30(32)26-35(36)42/h2-15,31,33-36,41-42H,16-27H2,1H3,(H,39,44)(H,40,43). The highest BCUT2D eigenvalue weighted by molar-refractivity contribution is 5.80. The second kappa shape index (κ2) is 21.3. The van der Waals surface area contributed by atoms with Crippen molar-refractivity contribution in [3.8, 4) is 0 Å². The van der Waals surface area contributed by atoms with Gasteiger partial charge in [0.1, 0.15) is 6.61 Å². The number of benzene rings is 3. The second-order valence-electron chi connectivity index (χ2n) is 12.1. The molecule has 2 amide bonds. The Kier molecular flexibility index (Phi) is 16.5. The molecule has 11 nitrogen and oxygen atoms in total. The number of ether oxygens (including phenoxy) is 5. The van der Waals surface area contributed by atoms with E-state index in [1.165, 1.54) is 0 Å². The van der Waals surface area contributed by atoms with E-state index in [0.29, 0.717) is 58.9 Å². The highest BCUT2D eigenvalue weighted by atomic mass is 16.6. The quantitative estimate of drug-likeness (QED) is 0.118. The molecule has 0 saturated heterocycles. The summed E-state index contributed by atoms with van der Waals surface area (Å²) in [6.07, 6.45) is -1.28. The van der Waals surface area contributed by atoms with Crippen molar-refractivity contribution in [1.29, 1.82) is 0 Å². The summed E-state index contributed by atoms with van der Waals surface area (Å²) < 4.78 is 26.5. The van der Waals surface area contributed by atoms with Gasteiger partial charge in [-0.1, -0.05) is 84.9 Å². The molecule has 0 radical (unpaired) electrons. The molecule has 3 aromatic carbocycles. The van der Waals surface area contributed by atoms with Gasteiger partial charge in [-0.15, -0.1) is 0 Å². The van der Waals surface area contributed by atoms with E-state index in [-0.39, 0.29) is 25.5 Å². The van der Waals surface area contributed by atoms with E-state index < -0.39 is 36.3 Å². The Balaban J connectivity index is 1.33. The van der Waals surface area contributed by atoms with Gasteiger partial charge < -0.3 is 44.5 Å². The Bertz CT molecular complexity index is 1380. The van der Waals surface area contributed by atoms with Gasteiger partial charge in [0, 0.05) is 19.4 Å². The Hall–Kier alpha value is -3.84. The fourth-order valence-electron chi connectivity index (χ4n) is 5.88. The average Bonchev–Trinajstić information content (AvgIpc) is 3.43. The fraction of sp³-hybridized carbons (Fsp3) is 0.474. The first-order chi connectivity index (χ1) is 23.9. The number of nitrogens with one attached hydrogen (secondary N) is 2. The molecule has 0 aromatic heterocycles. The van der Waals surface area contributed by atoms with Crippen molar-refractivity contribution in [1.82, 2.24) is 10.6 Å². The molecular formula is C38H50N2O9. The van der Waals surface area contributed by atoms with E-state index in [9.17, 15) is 19.8 Å². The third-order valence-corrected chi connectivity index (χ3v) is 8.43. The first-order valence-corrected chi connectivity index (χ1v) is 16.9. The minimum absolute atomic E-state index is 0.0182. The van der Waals surface area contributed by atoms with Crippen LogP contribution in [0.4, 0.5) is 4.79 Å². The first kappa shape index (κ1) is 38.0. The highest BCUT2D eigenvalue weighted by Crippen LogP contribution is 2.32. The van der Waals surface area contributed by atoms with Crippen LogP contribution < -0.4 is 10.6 Å². The molecule has 49 heavy (non-hydrogen) atoms. The zero-order valence-electron chi connectivity index (χ0n) is 28.2. The molecule has 5 unspecified atom stereocenters. The maximum atomic E-state index is 13.9. The molecule has 1 aliphatic carbocycles. The lowest BCUT2D eigenvalue weighted by atomic mass is 9.88. The second-order valence-corrected chi connectivity index (χ2v) is 12.1. The number of hydrogen-bond acceptors (Lipinski definition) is 9. The monoisotopic (exact) mass is 678 g/mol. The molecule has 0 heterocycles. The van der Waals surface area contributed by atoms with Gasteiger partial charge in [0.15, 0.2) is 0 Å². The molecule has 266 valence electrons. The highest BCUT2D eigenvalue weighted by Gasteiger charge is 2.35. The van der Waals surface area contributed by atoms with E-state index in [1.807, 2.05) is 84.9 Å². The van der Waals surface area contributed by atoms with Gasteiger partial charge in [0.05, 0.1) is 70.5 Å². The topological polar surface area (TPSA) is 145 Å². The van der Waals surface area contributed by atoms with Gasteiger partial charge in [-0.2, -0.15) is 0 Å². The number of aliphatic hydroxyl groups is 2. The van der Waals surface area contributed by atoms with Gasteiger partial charge in [-0.05, 0) is 41.5 Å². The molecule has 0 bridgehead atoms. The Labute approximate surface area is 288 Å². The van der Waals surface area contributed by atoms with E-state index >= 15 is 0 Å². The summed E-state index contributed by atoms with van der Waals surface area (Å²) in [5.74, 6) is -0.912. The number of methoxy groups -OCH3 is 1. The summed E-state index contributed by atoms with van der Waals surface area (Å²) in [5, 5.41) is 28.3. The summed E-state index contributed by atoms with van der Waals surface area (Å²) in [4.78, 5) is 26.7. The Morgan fingerprint density at radius 2 is 1.31 bits per heavy atom. The van der Waals surface area contributed by atoms with Crippen LogP contribution in [0.2, 0.25) is 0 Å². The van der Waals surface area contributed by atoms with Crippen LogP contribution in [0.3, 0.4) is 0 Å². The summed E-state index contributed by atoms with van der Waals surface area (Å²) in [5.41, 5.74) is 3.75. The SMILES string of the molecule is COCCOCCOCCOCCOC(=O)NC(Cc1ccccc1)C(O)CC(Cc1ccccc1)C(=O)NC1c2ccccc2CC1O. The zero-order chi connectivity index (χ0) is 34.7. The minimum Gasteiger partial charge on any atom is -0.447 e. The van der Waals surface area contributed by atoms with Crippen molar-refractivity contribution in [3.05, 3.63) is 107 Å². The number of fused-ring (bicyclic) bond motifs is 1. The molecular weight excluding hydrogens is 628 g/mol. The van der Waals surface area contributed by atoms with Gasteiger partial charge in [0.25, 0.3) is 0 Å². The van der Waals surface area contributed by atoms with Crippen LogP contribution in [0.15, 0.2) is 84.9 Å². The lowest BCUT2D eigenvalue weighted by Crippen LogP contribution is -2.47. The normalized spacial score (nSPS) is 17.1. The summed E-state index contributed by atoms with van der Waals surface area (Å²) in [6.45, 7) is 2.90. The molecule has 3 aromatic rings.